The number of nitrogens with one attached hydrogen (secondary N) is 1. The molecule has 27 heavy (non-hydrogen) atoms. The van der Waals surface area contributed by atoms with Crippen LogP contribution in [0.25, 0.3) is 0 Å². The van der Waals surface area contributed by atoms with Gasteiger partial charge in [-0.05, 0) is 44.5 Å². The van der Waals surface area contributed by atoms with Crippen molar-refractivity contribution in [2.24, 2.45) is 0 Å². The van der Waals surface area contributed by atoms with E-state index in [4.69, 9.17) is 0 Å². The van der Waals surface area contributed by atoms with Gasteiger partial charge in [-0.15, -0.1) is 10.2 Å². The zero-order valence-corrected chi connectivity index (χ0v) is 16.4. The first kappa shape index (κ1) is 18.0. The fourth-order valence-corrected chi connectivity index (χ4v) is 3.97. The number of fused-ring (bicyclic) bond motifs is 1. The highest BCUT2D eigenvalue weighted by Gasteiger charge is 2.32. The number of aromatic nitrogens is 3. The van der Waals surface area contributed by atoms with Crippen molar-refractivity contribution in [1.29, 1.82) is 0 Å². The minimum absolute atomic E-state index is 0.0264. The molecule has 0 aliphatic carbocycles. The number of aryl methyl sites for hydroxylation is 2. The Balaban J connectivity index is 1.44. The first-order valence-electron chi connectivity index (χ1n) is 9.75. The topological polar surface area (TPSA) is 66.3 Å². The number of carbonyl (C=O) groups excluding carboxylic acids is 1. The number of likely N-dealkylation sites (tertiary alicyclic amines) is 1. The number of hydrogen-bond acceptors (Lipinski definition) is 4. The lowest BCUT2D eigenvalue weighted by molar-refractivity contribution is 0.222. The summed E-state index contributed by atoms with van der Waals surface area (Å²) in [4.78, 5) is 17.0. The molecule has 144 valence electrons. The van der Waals surface area contributed by atoms with Crippen LogP contribution >= 0.6 is 0 Å². The van der Waals surface area contributed by atoms with Gasteiger partial charge in [0.2, 0.25) is 0 Å². The van der Waals surface area contributed by atoms with Gasteiger partial charge < -0.3 is 19.7 Å². The van der Waals surface area contributed by atoms with Crippen molar-refractivity contribution < 1.29 is 4.79 Å². The van der Waals surface area contributed by atoms with E-state index in [0.717, 1.165) is 67.5 Å². The van der Waals surface area contributed by atoms with Crippen molar-refractivity contribution in [2.45, 2.75) is 39.2 Å². The number of likely N-dealkylation sites (N-methyl/N-ethyl adjacent to an activating group) is 1. The zero-order valence-electron chi connectivity index (χ0n) is 16.4. The molecule has 2 aromatic rings. The maximum absolute atomic E-state index is 12.7. The molecule has 1 unspecified atom stereocenters. The van der Waals surface area contributed by atoms with E-state index in [-0.39, 0.29) is 11.9 Å². The molecule has 2 amide bonds. The molecule has 1 aromatic heterocycles. The molecular weight excluding hydrogens is 340 g/mol. The molecule has 1 saturated heterocycles. The quantitative estimate of drug-likeness (QED) is 0.884. The van der Waals surface area contributed by atoms with E-state index in [1.54, 1.807) is 0 Å². The Hall–Kier alpha value is -2.41. The molecule has 1 N–H and O–H groups in total. The fourth-order valence-electron chi connectivity index (χ4n) is 3.97. The average molecular weight is 368 g/mol. The number of nitrogens with zero attached hydrogens (tertiary/aromatic N) is 5. The first-order valence-corrected chi connectivity index (χ1v) is 9.75. The summed E-state index contributed by atoms with van der Waals surface area (Å²) < 4.78 is 2.28. The van der Waals surface area contributed by atoms with Gasteiger partial charge in [-0.1, -0.05) is 12.1 Å². The highest BCUT2D eigenvalue weighted by atomic mass is 16.2. The van der Waals surface area contributed by atoms with Crippen molar-refractivity contribution in [1.82, 2.24) is 24.6 Å². The predicted octanol–water partition coefficient (Wildman–Crippen LogP) is 2.40. The molecule has 0 radical (unpaired) electrons. The Morgan fingerprint density at radius 1 is 1.15 bits per heavy atom. The molecule has 0 bridgehead atoms. The number of amides is 2. The van der Waals surface area contributed by atoms with Crippen molar-refractivity contribution in [3.05, 3.63) is 41.0 Å². The number of benzene rings is 1. The van der Waals surface area contributed by atoms with Crippen LogP contribution in [0.15, 0.2) is 18.2 Å². The maximum atomic E-state index is 12.7. The van der Waals surface area contributed by atoms with Crippen LogP contribution < -0.4 is 5.32 Å². The molecule has 7 nitrogen and oxygen atoms in total. The third-order valence-electron chi connectivity index (χ3n) is 5.75. The van der Waals surface area contributed by atoms with Gasteiger partial charge in [0, 0.05) is 50.7 Å². The second-order valence-electron chi connectivity index (χ2n) is 7.86. The van der Waals surface area contributed by atoms with Crippen LogP contribution in [0, 0.1) is 13.8 Å². The van der Waals surface area contributed by atoms with Crippen molar-refractivity contribution in [3.8, 4) is 0 Å². The third kappa shape index (κ3) is 3.69. The van der Waals surface area contributed by atoms with E-state index >= 15 is 0 Å². The monoisotopic (exact) mass is 368 g/mol. The summed E-state index contributed by atoms with van der Waals surface area (Å²) in [7, 11) is 2.15. The Labute approximate surface area is 160 Å². The smallest absolute Gasteiger partial charge is 0.321 e. The molecule has 0 spiro atoms. The van der Waals surface area contributed by atoms with E-state index in [0.29, 0.717) is 6.54 Å². The highest BCUT2D eigenvalue weighted by Crippen LogP contribution is 2.28. The summed E-state index contributed by atoms with van der Waals surface area (Å²) in [5.41, 5.74) is 3.12. The van der Waals surface area contributed by atoms with Crippen molar-refractivity contribution >= 4 is 11.7 Å². The van der Waals surface area contributed by atoms with Gasteiger partial charge in [-0.3, -0.25) is 0 Å². The van der Waals surface area contributed by atoms with Gasteiger partial charge in [0.15, 0.2) is 0 Å². The summed E-state index contributed by atoms with van der Waals surface area (Å²) in [5.74, 6) is 2.38. The van der Waals surface area contributed by atoms with Crippen LogP contribution in [0.4, 0.5) is 10.5 Å². The number of hydrogen-bond donors (Lipinski definition) is 1. The Morgan fingerprint density at radius 2 is 2.00 bits per heavy atom. The molecule has 0 saturated carbocycles. The van der Waals surface area contributed by atoms with Gasteiger partial charge >= 0.3 is 6.03 Å². The lowest BCUT2D eigenvalue weighted by atomic mass is 10.1. The van der Waals surface area contributed by atoms with E-state index in [9.17, 15) is 4.79 Å². The van der Waals surface area contributed by atoms with Gasteiger partial charge in [-0.25, -0.2) is 4.79 Å². The van der Waals surface area contributed by atoms with E-state index < -0.39 is 0 Å². The summed E-state index contributed by atoms with van der Waals surface area (Å²) in [6.45, 7) is 8.47. The SMILES string of the molecule is Cc1ccc(C)c(NC(=O)N2CCC(c3nnc4n3CCN(C)CC4)C2)c1. The fraction of sp³-hybridized carbons (Fsp3) is 0.550. The minimum Gasteiger partial charge on any atom is -0.324 e. The summed E-state index contributed by atoms with van der Waals surface area (Å²) in [6.07, 6.45) is 1.88. The third-order valence-corrected chi connectivity index (χ3v) is 5.75. The van der Waals surface area contributed by atoms with Gasteiger partial charge in [0.25, 0.3) is 0 Å². The Kier molecular flexibility index (Phi) is 4.86. The molecule has 2 aliphatic heterocycles. The number of anilines is 1. The predicted molar refractivity (Wildman–Crippen MR) is 105 cm³/mol. The molecule has 3 heterocycles. The summed E-state index contributed by atoms with van der Waals surface area (Å²) in [5, 5.41) is 12.0. The largest absolute Gasteiger partial charge is 0.324 e. The van der Waals surface area contributed by atoms with E-state index in [2.05, 4.69) is 38.1 Å². The second kappa shape index (κ2) is 7.31. The summed E-state index contributed by atoms with van der Waals surface area (Å²) in [6, 6.07) is 6.10. The molecule has 1 fully saturated rings. The molecule has 1 atom stereocenters. The number of rotatable bonds is 2. The lowest BCUT2D eigenvalue weighted by Crippen LogP contribution is -2.33. The van der Waals surface area contributed by atoms with Crippen LogP contribution in [0.5, 0.6) is 0 Å². The van der Waals surface area contributed by atoms with Gasteiger partial charge in [0.1, 0.15) is 11.6 Å². The normalized spacial score (nSPS) is 20.4. The summed E-state index contributed by atoms with van der Waals surface area (Å²) >= 11 is 0. The van der Waals surface area contributed by atoms with E-state index in [1.807, 2.05) is 30.9 Å². The standard InChI is InChI=1S/C20H28N6O/c1-14-4-5-15(2)17(12-14)21-20(27)25-9-6-16(13-25)19-23-22-18-7-8-24(3)10-11-26(18)19/h4-5,12,16H,6-11,13H2,1-3H3,(H,21,27). The highest BCUT2D eigenvalue weighted by molar-refractivity contribution is 5.90. The van der Waals surface area contributed by atoms with E-state index in [1.165, 1.54) is 0 Å². The minimum atomic E-state index is -0.0264. The zero-order chi connectivity index (χ0) is 19.0. The molecule has 2 aliphatic rings. The maximum Gasteiger partial charge on any atom is 0.321 e. The van der Waals surface area contributed by atoms with Crippen LogP contribution in [0.1, 0.15) is 35.1 Å². The number of urea groups is 1. The molecule has 1 aromatic carbocycles. The molecular formula is C20H28N6O. The lowest BCUT2D eigenvalue weighted by Gasteiger charge is -2.19. The van der Waals surface area contributed by atoms with Crippen LogP contribution in [-0.2, 0) is 13.0 Å². The molecule has 7 heteroatoms. The number of carbonyl (C=O) groups is 1. The van der Waals surface area contributed by atoms with Crippen molar-refractivity contribution in [2.75, 3.05) is 38.5 Å². The van der Waals surface area contributed by atoms with Crippen LogP contribution in [0.3, 0.4) is 0 Å². The second-order valence-corrected chi connectivity index (χ2v) is 7.86. The Bertz CT molecular complexity index is 845. The molecule has 4 rings (SSSR count). The van der Waals surface area contributed by atoms with Crippen molar-refractivity contribution in [3.63, 3.8) is 0 Å². The van der Waals surface area contributed by atoms with Crippen LogP contribution in [0.2, 0.25) is 0 Å². The Morgan fingerprint density at radius 3 is 2.85 bits per heavy atom. The van der Waals surface area contributed by atoms with Gasteiger partial charge in [0.05, 0.1) is 0 Å². The van der Waals surface area contributed by atoms with Crippen LogP contribution in [-0.4, -0.2) is 63.8 Å². The average Bonchev–Trinajstić information content (AvgIpc) is 3.24. The van der Waals surface area contributed by atoms with Gasteiger partial charge in [-0.2, -0.15) is 0 Å². The first-order chi connectivity index (χ1) is 13.0.